The summed E-state index contributed by atoms with van der Waals surface area (Å²) in [5.74, 6) is -0.454. The van der Waals surface area contributed by atoms with E-state index in [0.717, 1.165) is 0 Å². The zero-order valence-electron chi connectivity index (χ0n) is 10.8. The summed E-state index contributed by atoms with van der Waals surface area (Å²) in [5.41, 5.74) is 0. The Morgan fingerprint density at radius 3 is 2.60 bits per heavy atom. The lowest BCUT2D eigenvalue weighted by atomic mass is 10.3. The van der Waals surface area contributed by atoms with Crippen LogP contribution in [-0.4, -0.2) is 61.9 Å². The maximum Gasteiger partial charge on any atom is 0.401 e. The van der Waals surface area contributed by atoms with Crippen LogP contribution in [0.5, 0.6) is 0 Å². The summed E-state index contributed by atoms with van der Waals surface area (Å²) in [4.78, 5) is 19.1. The first kappa shape index (κ1) is 15.0. The van der Waals surface area contributed by atoms with Crippen LogP contribution in [0.2, 0.25) is 0 Å². The van der Waals surface area contributed by atoms with Crippen molar-refractivity contribution in [3.05, 3.63) is 11.1 Å². The van der Waals surface area contributed by atoms with E-state index in [4.69, 9.17) is 0 Å². The summed E-state index contributed by atoms with van der Waals surface area (Å²) in [5, 5.41) is 0.636. The van der Waals surface area contributed by atoms with Crippen molar-refractivity contribution in [3.63, 3.8) is 0 Å². The summed E-state index contributed by atoms with van der Waals surface area (Å²) in [6.45, 7) is 0.694. The Morgan fingerprint density at radius 1 is 1.40 bits per heavy atom. The van der Waals surface area contributed by atoms with E-state index in [9.17, 15) is 18.0 Å². The van der Waals surface area contributed by atoms with Gasteiger partial charge in [0.2, 0.25) is 0 Å². The third-order valence-corrected chi connectivity index (χ3v) is 3.96. The molecule has 0 aliphatic carbocycles. The zero-order valence-corrected chi connectivity index (χ0v) is 11.6. The highest BCUT2D eigenvalue weighted by molar-refractivity contribution is 7.17. The number of aromatic nitrogens is 1. The lowest BCUT2D eigenvalue weighted by Crippen LogP contribution is -2.49. The predicted molar refractivity (Wildman–Crippen MR) is 68.2 cm³/mol. The number of halogens is 3. The molecule has 1 saturated heterocycles. The lowest BCUT2D eigenvalue weighted by Gasteiger charge is -2.34. The molecule has 20 heavy (non-hydrogen) atoms. The molecule has 0 atom stereocenters. The lowest BCUT2D eigenvalue weighted by molar-refractivity contribution is -0.146. The van der Waals surface area contributed by atoms with Crippen molar-refractivity contribution in [1.82, 2.24) is 9.88 Å². The maximum atomic E-state index is 12.3. The van der Waals surface area contributed by atoms with Crippen molar-refractivity contribution in [2.24, 2.45) is 0 Å². The van der Waals surface area contributed by atoms with E-state index in [2.05, 4.69) is 9.72 Å². The largest absolute Gasteiger partial charge is 0.465 e. The molecule has 0 saturated carbocycles. The number of alkyl halides is 3. The Bertz CT molecular complexity index is 470. The van der Waals surface area contributed by atoms with Gasteiger partial charge in [-0.3, -0.25) is 4.90 Å². The van der Waals surface area contributed by atoms with E-state index >= 15 is 0 Å². The normalized spacial score (nSPS) is 17.3. The van der Waals surface area contributed by atoms with Gasteiger partial charge >= 0.3 is 12.1 Å². The summed E-state index contributed by atoms with van der Waals surface area (Å²) >= 11 is 1.19. The minimum Gasteiger partial charge on any atom is -0.465 e. The van der Waals surface area contributed by atoms with E-state index < -0.39 is 18.7 Å². The summed E-state index contributed by atoms with van der Waals surface area (Å²) in [7, 11) is 1.29. The van der Waals surface area contributed by atoms with Gasteiger partial charge in [0.25, 0.3) is 0 Å². The Hall–Kier alpha value is -1.35. The number of rotatable bonds is 3. The number of hydrogen-bond acceptors (Lipinski definition) is 6. The summed E-state index contributed by atoms with van der Waals surface area (Å²) in [6.07, 6.45) is -2.74. The number of carbonyl (C=O) groups is 1. The van der Waals surface area contributed by atoms with E-state index in [0.29, 0.717) is 36.2 Å². The maximum absolute atomic E-state index is 12.3. The summed E-state index contributed by atoms with van der Waals surface area (Å²) in [6, 6.07) is 0. The van der Waals surface area contributed by atoms with Crippen molar-refractivity contribution in [2.45, 2.75) is 6.18 Å². The van der Waals surface area contributed by atoms with Gasteiger partial charge in [-0.05, 0) is 0 Å². The monoisotopic (exact) mass is 309 g/mol. The molecule has 0 spiro atoms. The third-order valence-electron chi connectivity index (χ3n) is 2.93. The zero-order chi connectivity index (χ0) is 14.8. The number of esters is 1. The number of anilines is 1. The molecule has 9 heteroatoms. The number of piperazine rings is 1. The first-order valence-corrected chi connectivity index (χ1v) is 6.79. The highest BCUT2D eigenvalue weighted by atomic mass is 32.1. The van der Waals surface area contributed by atoms with Crippen LogP contribution >= 0.6 is 11.3 Å². The molecular weight excluding hydrogens is 295 g/mol. The van der Waals surface area contributed by atoms with Gasteiger partial charge in [0, 0.05) is 26.2 Å². The van der Waals surface area contributed by atoms with Crippen LogP contribution in [0.4, 0.5) is 18.3 Å². The molecule has 5 nitrogen and oxygen atoms in total. The van der Waals surface area contributed by atoms with Crippen LogP contribution in [0.3, 0.4) is 0 Å². The minimum atomic E-state index is -4.17. The second-order valence-corrected chi connectivity index (χ2v) is 5.39. The smallest absolute Gasteiger partial charge is 0.401 e. The van der Waals surface area contributed by atoms with Crippen molar-refractivity contribution < 1.29 is 22.7 Å². The topological polar surface area (TPSA) is 45.7 Å². The molecule has 0 aromatic carbocycles. The fraction of sp³-hybridized carbons (Fsp3) is 0.636. The Morgan fingerprint density at radius 2 is 2.05 bits per heavy atom. The van der Waals surface area contributed by atoms with Crippen molar-refractivity contribution in [2.75, 3.05) is 44.7 Å². The molecule has 1 aromatic heterocycles. The second-order valence-electron chi connectivity index (χ2n) is 4.38. The van der Waals surface area contributed by atoms with Gasteiger partial charge in [0.1, 0.15) is 4.88 Å². The predicted octanol–water partition coefficient (Wildman–Crippen LogP) is 1.61. The van der Waals surface area contributed by atoms with Gasteiger partial charge in [-0.1, -0.05) is 11.3 Å². The number of nitrogens with zero attached hydrogens (tertiary/aromatic N) is 3. The molecular formula is C11H14F3N3O2S. The molecule has 112 valence electrons. The van der Waals surface area contributed by atoms with Gasteiger partial charge in [0.05, 0.1) is 19.9 Å². The Balaban J connectivity index is 1.90. The number of thiazole rings is 1. The molecule has 0 amide bonds. The van der Waals surface area contributed by atoms with E-state index in [-0.39, 0.29) is 0 Å². The molecule has 1 aliphatic heterocycles. The fourth-order valence-corrected chi connectivity index (χ4v) is 2.84. The van der Waals surface area contributed by atoms with Crippen LogP contribution in [0.15, 0.2) is 6.20 Å². The van der Waals surface area contributed by atoms with Crippen LogP contribution in [0, 0.1) is 0 Å². The third kappa shape index (κ3) is 3.83. The molecule has 2 heterocycles. The molecule has 1 aliphatic rings. The van der Waals surface area contributed by atoms with Crippen molar-refractivity contribution >= 4 is 22.4 Å². The van der Waals surface area contributed by atoms with E-state index in [1.807, 2.05) is 4.90 Å². The van der Waals surface area contributed by atoms with Gasteiger partial charge < -0.3 is 9.64 Å². The highest BCUT2D eigenvalue weighted by Gasteiger charge is 2.32. The molecule has 1 aromatic rings. The van der Waals surface area contributed by atoms with Crippen molar-refractivity contribution in [1.29, 1.82) is 0 Å². The quantitative estimate of drug-likeness (QED) is 0.794. The number of carbonyl (C=O) groups excluding carboxylic acids is 1. The first-order chi connectivity index (χ1) is 9.39. The molecule has 0 bridgehead atoms. The highest BCUT2D eigenvalue weighted by Crippen LogP contribution is 2.25. The van der Waals surface area contributed by atoms with Crippen LogP contribution < -0.4 is 4.90 Å². The molecule has 0 unspecified atom stereocenters. The minimum absolute atomic E-state index is 0.326. The van der Waals surface area contributed by atoms with Crippen LogP contribution in [0.1, 0.15) is 9.67 Å². The Kier molecular flexibility index (Phi) is 4.48. The molecule has 2 rings (SSSR count). The van der Waals surface area contributed by atoms with E-state index in [1.165, 1.54) is 29.5 Å². The van der Waals surface area contributed by atoms with Crippen molar-refractivity contribution in [3.8, 4) is 0 Å². The van der Waals surface area contributed by atoms with Gasteiger partial charge in [0.15, 0.2) is 5.13 Å². The average molecular weight is 309 g/mol. The first-order valence-electron chi connectivity index (χ1n) is 5.97. The molecule has 1 fully saturated rings. The fourth-order valence-electron chi connectivity index (χ4n) is 1.96. The molecule has 0 N–H and O–H groups in total. The van der Waals surface area contributed by atoms with Gasteiger partial charge in [-0.15, -0.1) is 0 Å². The number of methoxy groups -OCH3 is 1. The van der Waals surface area contributed by atoms with E-state index in [1.54, 1.807) is 0 Å². The summed E-state index contributed by atoms with van der Waals surface area (Å²) < 4.78 is 41.4. The standard InChI is InChI=1S/C11H14F3N3O2S/c1-19-9(18)8-6-15-10(20-8)17-4-2-16(3-5-17)7-11(12,13)14/h6H,2-5,7H2,1H3. The van der Waals surface area contributed by atoms with Gasteiger partial charge in [-0.25, -0.2) is 9.78 Å². The van der Waals surface area contributed by atoms with Crippen LogP contribution in [0.25, 0.3) is 0 Å². The Labute approximate surface area is 117 Å². The average Bonchev–Trinajstić information content (AvgIpc) is 2.86. The number of hydrogen-bond donors (Lipinski definition) is 0. The molecule has 0 radical (unpaired) electrons. The second kappa shape index (κ2) is 5.96. The van der Waals surface area contributed by atoms with Gasteiger partial charge in [-0.2, -0.15) is 13.2 Å². The van der Waals surface area contributed by atoms with Crippen LogP contribution in [-0.2, 0) is 4.74 Å². The number of ether oxygens (including phenoxy) is 1. The SMILES string of the molecule is COC(=O)c1cnc(N2CCN(CC(F)(F)F)CC2)s1.